The van der Waals surface area contributed by atoms with Crippen molar-refractivity contribution in [1.82, 2.24) is 14.9 Å². The van der Waals surface area contributed by atoms with Gasteiger partial charge in [0.05, 0.1) is 30.9 Å². The number of imidazole rings is 1. The summed E-state index contributed by atoms with van der Waals surface area (Å²) in [5, 5.41) is 0. The van der Waals surface area contributed by atoms with E-state index < -0.39 is 0 Å². The lowest BCUT2D eigenvalue weighted by Crippen LogP contribution is -2.36. The molecule has 1 N–H and O–H groups in total. The number of ether oxygens (including phenoxy) is 1. The van der Waals surface area contributed by atoms with Gasteiger partial charge in [0, 0.05) is 23.2 Å². The lowest BCUT2D eigenvalue weighted by Gasteiger charge is -2.31. The maximum Gasteiger partial charge on any atom is 0.0922 e. The van der Waals surface area contributed by atoms with E-state index in [2.05, 4.69) is 61.7 Å². The Morgan fingerprint density at radius 1 is 1.24 bits per heavy atom. The zero-order valence-electron chi connectivity index (χ0n) is 12.0. The predicted molar refractivity (Wildman–Crippen MR) is 90.8 cm³/mol. The molecule has 0 radical (unpaired) electrons. The number of H-pyrrole nitrogens is 1. The first kappa shape index (κ1) is 15.0. The number of likely N-dealkylation sites (tertiary alicyclic amines) is 1. The van der Waals surface area contributed by atoms with Crippen molar-refractivity contribution >= 4 is 22.6 Å². The summed E-state index contributed by atoms with van der Waals surface area (Å²) in [5.74, 6) is 0. The van der Waals surface area contributed by atoms with Gasteiger partial charge in [-0.1, -0.05) is 12.1 Å². The number of aromatic nitrogens is 2. The zero-order valence-corrected chi connectivity index (χ0v) is 14.1. The first-order valence-corrected chi connectivity index (χ1v) is 8.43. The average molecular weight is 397 g/mol. The van der Waals surface area contributed by atoms with Gasteiger partial charge in [-0.3, -0.25) is 4.90 Å². The van der Waals surface area contributed by atoms with E-state index >= 15 is 0 Å². The SMILES string of the molecule is Ic1ccc(CN2CCC(OCc3cnc[nH]3)CC2)cc1. The third-order valence-electron chi connectivity index (χ3n) is 3.88. The van der Waals surface area contributed by atoms with Crippen LogP contribution in [0, 0.1) is 3.57 Å². The molecule has 1 aromatic heterocycles. The van der Waals surface area contributed by atoms with E-state index in [1.807, 2.05) is 6.20 Å². The van der Waals surface area contributed by atoms with Crippen molar-refractivity contribution in [3.8, 4) is 0 Å². The minimum atomic E-state index is 0.376. The Labute approximate surface area is 139 Å². The van der Waals surface area contributed by atoms with Crippen LogP contribution in [-0.2, 0) is 17.9 Å². The number of hydrogen-bond acceptors (Lipinski definition) is 3. The van der Waals surface area contributed by atoms with E-state index in [9.17, 15) is 0 Å². The molecule has 1 aliphatic rings. The third-order valence-corrected chi connectivity index (χ3v) is 4.60. The third kappa shape index (κ3) is 4.52. The molecule has 0 bridgehead atoms. The molecule has 1 saturated heterocycles. The smallest absolute Gasteiger partial charge is 0.0922 e. The average Bonchev–Trinajstić information content (AvgIpc) is 3.02. The molecule has 1 aliphatic heterocycles. The molecule has 5 heteroatoms. The van der Waals surface area contributed by atoms with Crippen LogP contribution in [0.3, 0.4) is 0 Å². The maximum absolute atomic E-state index is 5.94. The lowest BCUT2D eigenvalue weighted by molar-refractivity contribution is -0.00511. The van der Waals surface area contributed by atoms with Crippen molar-refractivity contribution in [2.45, 2.75) is 32.1 Å². The van der Waals surface area contributed by atoms with Gasteiger partial charge < -0.3 is 9.72 Å². The summed E-state index contributed by atoms with van der Waals surface area (Å²) in [6.07, 6.45) is 6.12. The molecule has 2 aromatic rings. The van der Waals surface area contributed by atoms with E-state index in [0.29, 0.717) is 12.7 Å². The standard InChI is InChI=1S/C16H20IN3O/c17-14-3-1-13(2-4-14)10-20-7-5-16(6-8-20)21-11-15-9-18-12-19-15/h1-4,9,12,16H,5-8,10-11H2,(H,18,19). The van der Waals surface area contributed by atoms with Crippen LogP contribution in [0.15, 0.2) is 36.8 Å². The van der Waals surface area contributed by atoms with Crippen molar-refractivity contribution < 1.29 is 4.74 Å². The molecule has 0 unspecified atom stereocenters. The molecule has 1 fully saturated rings. The quantitative estimate of drug-likeness (QED) is 0.788. The molecule has 0 saturated carbocycles. The minimum absolute atomic E-state index is 0.376. The van der Waals surface area contributed by atoms with E-state index in [-0.39, 0.29) is 0 Å². The van der Waals surface area contributed by atoms with Crippen LogP contribution in [0.2, 0.25) is 0 Å². The second kappa shape index (κ2) is 7.38. The van der Waals surface area contributed by atoms with Gasteiger partial charge in [0.25, 0.3) is 0 Å². The van der Waals surface area contributed by atoms with Gasteiger partial charge in [0.15, 0.2) is 0 Å². The predicted octanol–water partition coefficient (Wildman–Crippen LogP) is 3.20. The molecule has 4 nitrogen and oxygen atoms in total. The Morgan fingerprint density at radius 2 is 2.00 bits per heavy atom. The Morgan fingerprint density at radius 3 is 2.67 bits per heavy atom. The van der Waals surface area contributed by atoms with Crippen LogP contribution in [0.1, 0.15) is 24.1 Å². The van der Waals surface area contributed by atoms with Crippen molar-refractivity contribution in [3.05, 3.63) is 51.6 Å². The maximum atomic E-state index is 5.94. The molecule has 0 atom stereocenters. The number of piperidine rings is 1. The van der Waals surface area contributed by atoms with Gasteiger partial charge in [-0.15, -0.1) is 0 Å². The number of benzene rings is 1. The van der Waals surface area contributed by atoms with Crippen molar-refractivity contribution in [2.75, 3.05) is 13.1 Å². The summed E-state index contributed by atoms with van der Waals surface area (Å²) in [6.45, 7) is 3.91. The Balaban J connectivity index is 1.41. The molecule has 2 heterocycles. The van der Waals surface area contributed by atoms with Crippen LogP contribution in [0.5, 0.6) is 0 Å². The van der Waals surface area contributed by atoms with Crippen LogP contribution in [-0.4, -0.2) is 34.1 Å². The first-order valence-electron chi connectivity index (χ1n) is 7.35. The number of rotatable bonds is 5. The second-order valence-corrected chi connectivity index (χ2v) is 6.74. The molecule has 1 aromatic carbocycles. The van der Waals surface area contributed by atoms with E-state index in [4.69, 9.17) is 4.74 Å². The highest BCUT2D eigenvalue weighted by atomic mass is 127. The van der Waals surface area contributed by atoms with Crippen LogP contribution < -0.4 is 0 Å². The largest absolute Gasteiger partial charge is 0.372 e. The minimum Gasteiger partial charge on any atom is -0.372 e. The molecular formula is C16H20IN3O. The Hall–Kier alpha value is -0.920. The summed E-state index contributed by atoms with van der Waals surface area (Å²) in [6, 6.07) is 8.80. The number of aromatic amines is 1. The van der Waals surface area contributed by atoms with E-state index in [0.717, 1.165) is 38.2 Å². The zero-order chi connectivity index (χ0) is 14.5. The normalized spacial score (nSPS) is 17.2. The van der Waals surface area contributed by atoms with Gasteiger partial charge in [-0.05, 0) is 53.1 Å². The molecule has 112 valence electrons. The number of nitrogens with zero attached hydrogens (tertiary/aromatic N) is 2. The fourth-order valence-corrected chi connectivity index (χ4v) is 3.01. The molecule has 0 spiro atoms. The van der Waals surface area contributed by atoms with Crippen molar-refractivity contribution in [2.24, 2.45) is 0 Å². The topological polar surface area (TPSA) is 41.1 Å². The molecule has 21 heavy (non-hydrogen) atoms. The highest BCUT2D eigenvalue weighted by Crippen LogP contribution is 2.17. The number of halogens is 1. The highest BCUT2D eigenvalue weighted by Gasteiger charge is 2.19. The number of hydrogen-bond donors (Lipinski definition) is 1. The summed E-state index contributed by atoms with van der Waals surface area (Å²) in [4.78, 5) is 9.59. The van der Waals surface area contributed by atoms with Gasteiger partial charge >= 0.3 is 0 Å². The summed E-state index contributed by atoms with van der Waals surface area (Å²) in [5.41, 5.74) is 2.45. The molecule has 0 aliphatic carbocycles. The van der Waals surface area contributed by atoms with Crippen molar-refractivity contribution in [1.29, 1.82) is 0 Å². The van der Waals surface area contributed by atoms with Crippen LogP contribution in [0.4, 0.5) is 0 Å². The Bertz CT molecular complexity index is 533. The van der Waals surface area contributed by atoms with Gasteiger partial charge in [0.1, 0.15) is 0 Å². The fraction of sp³-hybridized carbons (Fsp3) is 0.438. The Kier molecular flexibility index (Phi) is 5.27. The molecular weight excluding hydrogens is 377 g/mol. The molecule has 3 rings (SSSR count). The highest BCUT2D eigenvalue weighted by molar-refractivity contribution is 14.1. The van der Waals surface area contributed by atoms with Crippen molar-refractivity contribution in [3.63, 3.8) is 0 Å². The summed E-state index contributed by atoms with van der Waals surface area (Å²) >= 11 is 2.35. The summed E-state index contributed by atoms with van der Waals surface area (Å²) < 4.78 is 7.24. The second-order valence-electron chi connectivity index (χ2n) is 5.49. The van der Waals surface area contributed by atoms with E-state index in [1.165, 1.54) is 9.13 Å². The summed E-state index contributed by atoms with van der Waals surface area (Å²) in [7, 11) is 0. The van der Waals surface area contributed by atoms with Gasteiger partial charge in [-0.25, -0.2) is 4.98 Å². The van der Waals surface area contributed by atoms with Crippen LogP contribution >= 0.6 is 22.6 Å². The van der Waals surface area contributed by atoms with E-state index in [1.54, 1.807) is 6.33 Å². The fourth-order valence-electron chi connectivity index (χ4n) is 2.65. The van der Waals surface area contributed by atoms with Gasteiger partial charge in [-0.2, -0.15) is 0 Å². The first-order chi connectivity index (χ1) is 10.3. The number of nitrogens with one attached hydrogen (secondary N) is 1. The van der Waals surface area contributed by atoms with Crippen LogP contribution in [0.25, 0.3) is 0 Å². The molecule has 0 amide bonds. The monoisotopic (exact) mass is 397 g/mol. The van der Waals surface area contributed by atoms with Gasteiger partial charge in [0.2, 0.25) is 0 Å². The lowest BCUT2D eigenvalue weighted by atomic mass is 10.1.